The fraction of sp³-hybridized carbons (Fsp3) is 0.286. The number of nitrogens with zero attached hydrogens (tertiary/aromatic N) is 1. The maximum absolute atomic E-state index is 5.93. The highest BCUT2D eigenvalue weighted by Crippen LogP contribution is 2.31. The molecule has 1 aromatic carbocycles. The van der Waals surface area contributed by atoms with E-state index in [2.05, 4.69) is 39.3 Å². The second kappa shape index (κ2) is 6.41. The highest BCUT2D eigenvalue weighted by molar-refractivity contribution is 9.10. The molecule has 0 spiro atoms. The standard InChI is InChI=1S/C14H17BrN2OS/c1-17(11-3-5-12(18-2)6-4-11)13(8-16)14-7-10(15)9-19-14/h3-7,9,13H,8,16H2,1-2H3. The van der Waals surface area contributed by atoms with E-state index in [9.17, 15) is 0 Å². The van der Waals surface area contributed by atoms with Crippen LogP contribution < -0.4 is 15.4 Å². The number of nitrogens with two attached hydrogens (primary N) is 1. The maximum atomic E-state index is 5.93. The molecule has 102 valence electrons. The molecular weight excluding hydrogens is 324 g/mol. The van der Waals surface area contributed by atoms with E-state index in [0.717, 1.165) is 15.9 Å². The Bertz CT molecular complexity index is 526. The minimum Gasteiger partial charge on any atom is -0.497 e. The van der Waals surface area contributed by atoms with Gasteiger partial charge in [0.1, 0.15) is 5.75 Å². The predicted octanol–water partition coefficient (Wildman–Crippen LogP) is 3.66. The van der Waals surface area contributed by atoms with Crippen molar-refractivity contribution in [2.45, 2.75) is 6.04 Å². The Morgan fingerprint density at radius 2 is 2.05 bits per heavy atom. The van der Waals surface area contributed by atoms with E-state index in [1.807, 2.05) is 24.3 Å². The Kier molecular flexibility index (Phi) is 4.85. The van der Waals surface area contributed by atoms with Crippen molar-refractivity contribution in [2.24, 2.45) is 5.73 Å². The van der Waals surface area contributed by atoms with Crippen LogP contribution in [-0.4, -0.2) is 20.7 Å². The third-order valence-electron chi connectivity index (χ3n) is 3.09. The molecule has 1 atom stereocenters. The quantitative estimate of drug-likeness (QED) is 0.902. The molecule has 0 saturated heterocycles. The Hall–Kier alpha value is -1.04. The van der Waals surface area contributed by atoms with E-state index in [4.69, 9.17) is 10.5 Å². The van der Waals surface area contributed by atoms with Crippen LogP contribution in [0.4, 0.5) is 5.69 Å². The Morgan fingerprint density at radius 3 is 2.53 bits per heavy atom. The van der Waals surface area contributed by atoms with Crippen molar-refractivity contribution in [1.82, 2.24) is 0 Å². The maximum Gasteiger partial charge on any atom is 0.119 e. The van der Waals surface area contributed by atoms with Crippen molar-refractivity contribution < 1.29 is 4.74 Å². The lowest BCUT2D eigenvalue weighted by atomic mass is 10.2. The number of methoxy groups -OCH3 is 1. The van der Waals surface area contributed by atoms with Crippen LogP contribution in [0.1, 0.15) is 10.9 Å². The van der Waals surface area contributed by atoms with E-state index in [0.29, 0.717) is 6.54 Å². The van der Waals surface area contributed by atoms with Gasteiger partial charge in [0.05, 0.1) is 13.2 Å². The molecule has 3 nitrogen and oxygen atoms in total. The summed E-state index contributed by atoms with van der Waals surface area (Å²) >= 11 is 5.21. The monoisotopic (exact) mass is 340 g/mol. The van der Waals surface area contributed by atoms with Crippen LogP contribution in [0.25, 0.3) is 0 Å². The van der Waals surface area contributed by atoms with Crippen LogP contribution >= 0.6 is 27.3 Å². The van der Waals surface area contributed by atoms with Gasteiger partial charge in [0.2, 0.25) is 0 Å². The number of likely N-dealkylation sites (N-methyl/N-ethyl adjacent to an activating group) is 1. The van der Waals surface area contributed by atoms with E-state index in [1.54, 1.807) is 18.4 Å². The molecule has 0 aliphatic carbocycles. The Balaban J connectivity index is 2.22. The van der Waals surface area contributed by atoms with Crippen molar-refractivity contribution in [3.8, 4) is 5.75 Å². The number of ether oxygens (including phenoxy) is 1. The molecule has 1 aromatic heterocycles. The first-order chi connectivity index (χ1) is 9.15. The van der Waals surface area contributed by atoms with E-state index >= 15 is 0 Å². The summed E-state index contributed by atoms with van der Waals surface area (Å²) in [4.78, 5) is 3.45. The molecule has 0 radical (unpaired) electrons. The first-order valence-electron chi connectivity index (χ1n) is 5.96. The lowest BCUT2D eigenvalue weighted by Crippen LogP contribution is -2.29. The molecule has 5 heteroatoms. The molecule has 0 saturated carbocycles. The van der Waals surface area contributed by atoms with Crippen molar-refractivity contribution in [3.05, 3.63) is 45.1 Å². The molecule has 0 fully saturated rings. The van der Waals surface area contributed by atoms with Crippen molar-refractivity contribution >= 4 is 33.0 Å². The molecule has 2 aromatic rings. The van der Waals surface area contributed by atoms with Crippen LogP contribution in [0.15, 0.2) is 40.2 Å². The van der Waals surface area contributed by atoms with Gasteiger partial charge >= 0.3 is 0 Å². The topological polar surface area (TPSA) is 38.5 Å². The molecular formula is C14H17BrN2OS. The summed E-state index contributed by atoms with van der Waals surface area (Å²) < 4.78 is 6.28. The molecule has 0 aliphatic rings. The van der Waals surface area contributed by atoms with Gasteiger partial charge < -0.3 is 15.4 Å². The average molecular weight is 341 g/mol. The number of hydrogen-bond acceptors (Lipinski definition) is 4. The van der Waals surface area contributed by atoms with Gasteiger partial charge in [-0.1, -0.05) is 0 Å². The fourth-order valence-corrected chi connectivity index (χ4v) is 3.57. The zero-order valence-electron chi connectivity index (χ0n) is 11.0. The van der Waals surface area contributed by atoms with Gasteiger partial charge in [-0.25, -0.2) is 0 Å². The number of thiophene rings is 1. The molecule has 19 heavy (non-hydrogen) atoms. The Morgan fingerprint density at radius 1 is 1.37 bits per heavy atom. The summed E-state index contributed by atoms with van der Waals surface area (Å²) in [6, 6.07) is 10.3. The molecule has 2 N–H and O–H groups in total. The second-order valence-corrected chi connectivity index (χ2v) is 6.09. The third-order valence-corrected chi connectivity index (χ3v) is 4.88. The van der Waals surface area contributed by atoms with Crippen LogP contribution in [0.2, 0.25) is 0 Å². The van der Waals surface area contributed by atoms with Gasteiger partial charge in [-0.15, -0.1) is 11.3 Å². The Labute approximate surface area is 126 Å². The van der Waals surface area contributed by atoms with Gasteiger partial charge in [-0.2, -0.15) is 0 Å². The first kappa shape index (κ1) is 14.4. The highest BCUT2D eigenvalue weighted by atomic mass is 79.9. The molecule has 2 rings (SSSR count). The minimum atomic E-state index is 0.185. The summed E-state index contributed by atoms with van der Waals surface area (Å²) in [5.74, 6) is 0.861. The van der Waals surface area contributed by atoms with Crippen molar-refractivity contribution in [3.63, 3.8) is 0 Å². The highest BCUT2D eigenvalue weighted by Gasteiger charge is 2.17. The van der Waals surface area contributed by atoms with Crippen molar-refractivity contribution in [2.75, 3.05) is 25.6 Å². The zero-order chi connectivity index (χ0) is 13.8. The van der Waals surface area contributed by atoms with Gasteiger partial charge in [0.15, 0.2) is 0 Å². The molecule has 0 aliphatic heterocycles. The number of anilines is 1. The van der Waals surface area contributed by atoms with Crippen LogP contribution in [0.3, 0.4) is 0 Å². The fourth-order valence-electron chi connectivity index (χ4n) is 1.97. The first-order valence-corrected chi connectivity index (χ1v) is 7.64. The minimum absolute atomic E-state index is 0.185. The van der Waals surface area contributed by atoms with E-state index in [-0.39, 0.29) is 6.04 Å². The summed E-state index contributed by atoms with van der Waals surface area (Å²) in [5.41, 5.74) is 7.06. The third kappa shape index (κ3) is 3.29. The van der Waals surface area contributed by atoms with E-state index in [1.165, 1.54) is 4.88 Å². The van der Waals surface area contributed by atoms with Gasteiger partial charge in [0.25, 0.3) is 0 Å². The number of rotatable bonds is 5. The normalized spacial score (nSPS) is 12.2. The summed E-state index contributed by atoms with van der Waals surface area (Å²) in [6.45, 7) is 0.579. The van der Waals surface area contributed by atoms with E-state index < -0.39 is 0 Å². The van der Waals surface area contributed by atoms with Crippen LogP contribution in [0, 0.1) is 0 Å². The van der Waals surface area contributed by atoms with Gasteiger partial charge in [0, 0.05) is 34.0 Å². The number of halogens is 1. The van der Waals surface area contributed by atoms with Crippen molar-refractivity contribution in [1.29, 1.82) is 0 Å². The summed E-state index contributed by atoms with van der Waals surface area (Å²) in [5, 5.41) is 2.08. The molecule has 1 heterocycles. The van der Waals surface area contributed by atoms with Gasteiger partial charge in [-0.3, -0.25) is 0 Å². The largest absolute Gasteiger partial charge is 0.497 e. The lowest BCUT2D eigenvalue weighted by molar-refractivity contribution is 0.415. The average Bonchev–Trinajstić information content (AvgIpc) is 2.86. The lowest BCUT2D eigenvalue weighted by Gasteiger charge is -2.28. The smallest absolute Gasteiger partial charge is 0.119 e. The molecule has 1 unspecified atom stereocenters. The van der Waals surface area contributed by atoms with Crippen LogP contribution in [0.5, 0.6) is 5.75 Å². The predicted molar refractivity (Wildman–Crippen MR) is 85.2 cm³/mol. The van der Waals surface area contributed by atoms with Gasteiger partial charge in [-0.05, 0) is 46.3 Å². The number of benzene rings is 1. The summed E-state index contributed by atoms with van der Waals surface area (Å²) in [6.07, 6.45) is 0. The van der Waals surface area contributed by atoms with Crippen LogP contribution in [-0.2, 0) is 0 Å². The SMILES string of the molecule is COc1ccc(N(C)C(CN)c2cc(Br)cs2)cc1. The number of hydrogen-bond donors (Lipinski definition) is 1. The second-order valence-electron chi connectivity index (χ2n) is 4.23. The summed E-state index contributed by atoms with van der Waals surface area (Å²) in [7, 11) is 3.73. The zero-order valence-corrected chi connectivity index (χ0v) is 13.4. The molecule has 0 bridgehead atoms. The molecule has 0 amide bonds.